The van der Waals surface area contributed by atoms with E-state index in [1.54, 1.807) is 0 Å². The summed E-state index contributed by atoms with van der Waals surface area (Å²) in [5, 5.41) is 10.2. The van der Waals surface area contributed by atoms with Gasteiger partial charge in [0, 0.05) is 51.4 Å². The molecule has 0 radical (unpaired) electrons. The third kappa shape index (κ3) is 5.61. The summed E-state index contributed by atoms with van der Waals surface area (Å²) in [6.45, 7) is 9.40. The van der Waals surface area contributed by atoms with Crippen molar-refractivity contribution in [2.24, 2.45) is 4.99 Å². The molecule has 4 rings (SSSR count). The van der Waals surface area contributed by atoms with Crippen molar-refractivity contribution in [1.29, 1.82) is 0 Å². The van der Waals surface area contributed by atoms with Crippen LogP contribution in [0, 0.1) is 0 Å². The number of carbonyl (C=O) groups is 1. The lowest BCUT2D eigenvalue weighted by Gasteiger charge is -2.36. The average Bonchev–Trinajstić information content (AvgIpc) is 3.52. The monoisotopic (exact) mass is 424 g/mol. The molecule has 0 aliphatic carbocycles. The van der Waals surface area contributed by atoms with E-state index >= 15 is 0 Å². The van der Waals surface area contributed by atoms with Gasteiger partial charge < -0.3 is 15.1 Å². The minimum atomic E-state index is 0.276. The first-order valence-corrected chi connectivity index (χ1v) is 11.2. The van der Waals surface area contributed by atoms with Gasteiger partial charge in [-0.15, -0.1) is 0 Å². The van der Waals surface area contributed by atoms with Gasteiger partial charge in [-0.1, -0.05) is 18.2 Å². The number of piperazine rings is 1. The molecule has 2 aliphatic heterocycles. The summed E-state index contributed by atoms with van der Waals surface area (Å²) < 4.78 is 0. The highest BCUT2D eigenvalue weighted by Crippen LogP contribution is 2.16. The number of benzene rings is 1. The van der Waals surface area contributed by atoms with Gasteiger partial charge in [0.05, 0.1) is 13.1 Å². The van der Waals surface area contributed by atoms with Crippen molar-refractivity contribution >= 4 is 11.9 Å². The number of nitrogens with one attached hydrogen (secondary N) is 2. The molecule has 9 heteroatoms. The Kier molecular flexibility index (Phi) is 7.14. The van der Waals surface area contributed by atoms with Crippen LogP contribution in [0.15, 0.2) is 35.6 Å². The first-order chi connectivity index (χ1) is 15.2. The zero-order valence-corrected chi connectivity index (χ0v) is 18.3. The molecular weight excluding hydrogens is 392 g/mol. The Bertz CT molecular complexity index is 867. The number of hydrogen-bond donors (Lipinski definition) is 2. The summed E-state index contributed by atoms with van der Waals surface area (Å²) in [4.78, 5) is 28.1. The molecule has 1 aromatic carbocycles. The van der Waals surface area contributed by atoms with Gasteiger partial charge in [-0.3, -0.25) is 14.8 Å². The van der Waals surface area contributed by atoms with Gasteiger partial charge in [-0.2, -0.15) is 5.10 Å². The number of aromatic nitrogens is 3. The summed E-state index contributed by atoms with van der Waals surface area (Å²) in [7, 11) is 0. The van der Waals surface area contributed by atoms with E-state index in [1.807, 2.05) is 17.0 Å². The van der Waals surface area contributed by atoms with Crippen molar-refractivity contribution in [2.75, 3.05) is 52.4 Å². The fourth-order valence-electron chi connectivity index (χ4n) is 4.13. The molecule has 0 spiro atoms. The van der Waals surface area contributed by atoms with E-state index in [1.165, 1.54) is 6.33 Å². The Morgan fingerprint density at radius 3 is 2.65 bits per heavy atom. The van der Waals surface area contributed by atoms with Gasteiger partial charge in [0.25, 0.3) is 0 Å². The molecule has 31 heavy (non-hydrogen) atoms. The number of hydrogen-bond acceptors (Lipinski definition) is 5. The Balaban J connectivity index is 1.33. The molecule has 2 aliphatic rings. The number of likely N-dealkylation sites (tertiary alicyclic amines) is 1. The SMILES string of the molecule is CCNC(=NCc1cccc(-c2ncn[nH]2)c1)N1CCN(CC(=O)N2CCCC2)CC1. The first-order valence-electron chi connectivity index (χ1n) is 11.2. The minimum Gasteiger partial charge on any atom is -0.357 e. The highest BCUT2D eigenvalue weighted by Gasteiger charge is 2.24. The Labute approximate surface area is 183 Å². The van der Waals surface area contributed by atoms with E-state index in [2.05, 4.69) is 49.4 Å². The van der Waals surface area contributed by atoms with Crippen molar-refractivity contribution in [3.8, 4) is 11.4 Å². The van der Waals surface area contributed by atoms with E-state index in [-0.39, 0.29) is 5.91 Å². The number of aliphatic imine (C=N–C) groups is 1. The highest BCUT2D eigenvalue weighted by atomic mass is 16.2. The number of guanidine groups is 1. The number of rotatable bonds is 6. The zero-order valence-electron chi connectivity index (χ0n) is 18.3. The Morgan fingerprint density at radius 2 is 1.94 bits per heavy atom. The maximum Gasteiger partial charge on any atom is 0.236 e. The van der Waals surface area contributed by atoms with E-state index < -0.39 is 0 Å². The summed E-state index contributed by atoms with van der Waals surface area (Å²) in [6, 6.07) is 8.21. The number of amides is 1. The van der Waals surface area contributed by atoms with Crippen molar-refractivity contribution < 1.29 is 4.79 Å². The maximum atomic E-state index is 12.4. The predicted octanol–water partition coefficient (Wildman–Crippen LogP) is 1.18. The molecule has 1 aromatic heterocycles. The van der Waals surface area contributed by atoms with Crippen LogP contribution in [-0.4, -0.2) is 94.1 Å². The predicted molar refractivity (Wildman–Crippen MR) is 120 cm³/mol. The van der Waals surface area contributed by atoms with Crippen LogP contribution in [0.2, 0.25) is 0 Å². The molecule has 166 valence electrons. The summed E-state index contributed by atoms with van der Waals surface area (Å²) in [5.41, 5.74) is 2.13. The lowest BCUT2D eigenvalue weighted by Crippen LogP contribution is -2.54. The molecule has 1 amide bonds. The summed E-state index contributed by atoms with van der Waals surface area (Å²) in [6.07, 6.45) is 3.80. The van der Waals surface area contributed by atoms with E-state index in [4.69, 9.17) is 4.99 Å². The lowest BCUT2D eigenvalue weighted by atomic mass is 10.1. The molecule has 2 saturated heterocycles. The van der Waals surface area contributed by atoms with Crippen molar-refractivity contribution in [2.45, 2.75) is 26.3 Å². The second-order valence-corrected chi connectivity index (χ2v) is 8.06. The van der Waals surface area contributed by atoms with Gasteiger partial charge >= 0.3 is 0 Å². The molecule has 2 fully saturated rings. The highest BCUT2D eigenvalue weighted by molar-refractivity contribution is 5.80. The van der Waals surface area contributed by atoms with Gasteiger partial charge in [0.1, 0.15) is 6.33 Å². The van der Waals surface area contributed by atoms with Crippen LogP contribution in [0.5, 0.6) is 0 Å². The lowest BCUT2D eigenvalue weighted by molar-refractivity contribution is -0.131. The number of nitrogens with zero attached hydrogens (tertiary/aromatic N) is 6. The number of H-pyrrole nitrogens is 1. The molecule has 2 N–H and O–H groups in total. The van der Waals surface area contributed by atoms with Gasteiger partial charge in [-0.25, -0.2) is 9.98 Å². The van der Waals surface area contributed by atoms with Crippen molar-refractivity contribution in [3.05, 3.63) is 36.2 Å². The second-order valence-electron chi connectivity index (χ2n) is 8.06. The van der Waals surface area contributed by atoms with Crippen LogP contribution in [-0.2, 0) is 11.3 Å². The van der Waals surface area contributed by atoms with Crippen LogP contribution >= 0.6 is 0 Å². The second kappa shape index (κ2) is 10.4. The number of aromatic amines is 1. The molecule has 2 aromatic rings. The molecular formula is C22H32N8O. The van der Waals surface area contributed by atoms with Crippen molar-refractivity contribution in [1.82, 2.24) is 35.2 Å². The Morgan fingerprint density at radius 1 is 1.13 bits per heavy atom. The first kappa shape index (κ1) is 21.3. The quantitative estimate of drug-likeness (QED) is 0.534. The molecule has 0 unspecified atom stereocenters. The van der Waals surface area contributed by atoms with Gasteiger partial charge in [0.15, 0.2) is 11.8 Å². The molecule has 3 heterocycles. The van der Waals surface area contributed by atoms with Crippen LogP contribution in [0.4, 0.5) is 0 Å². The van der Waals surface area contributed by atoms with Crippen LogP contribution in [0.3, 0.4) is 0 Å². The fraction of sp³-hybridized carbons (Fsp3) is 0.545. The zero-order chi connectivity index (χ0) is 21.5. The molecule has 0 saturated carbocycles. The smallest absolute Gasteiger partial charge is 0.236 e. The minimum absolute atomic E-state index is 0.276. The molecule has 0 atom stereocenters. The third-order valence-corrected chi connectivity index (χ3v) is 5.85. The van der Waals surface area contributed by atoms with Crippen LogP contribution in [0.25, 0.3) is 11.4 Å². The average molecular weight is 425 g/mol. The summed E-state index contributed by atoms with van der Waals surface area (Å²) >= 11 is 0. The van der Waals surface area contributed by atoms with E-state index in [9.17, 15) is 4.79 Å². The topological polar surface area (TPSA) is 92.7 Å². The van der Waals surface area contributed by atoms with Crippen LogP contribution in [0.1, 0.15) is 25.3 Å². The fourth-order valence-corrected chi connectivity index (χ4v) is 4.13. The van der Waals surface area contributed by atoms with Crippen LogP contribution < -0.4 is 5.32 Å². The molecule has 0 bridgehead atoms. The standard InChI is InChI=1S/C22H32N8O/c1-2-23-22(24-15-18-6-5-7-19(14-18)21-25-17-26-27-21)30-12-10-28(11-13-30)16-20(31)29-8-3-4-9-29/h5-7,14,17H,2-4,8-13,15-16H2,1H3,(H,23,24)(H,25,26,27). The van der Waals surface area contributed by atoms with Gasteiger partial charge in [-0.05, 0) is 31.4 Å². The largest absolute Gasteiger partial charge is 0.357 e. The maximum absolute atomic E-state index is 12.4. The number of carbonyl (C=O) groups excluding carboxylic acids is 1. The third-order valence-electron chi connectivity index (χ3n) is 5.85. The van der Waals surface area contributed by atoms with Gasteiger partial charge in [0.2, 0.25) is 5.91 Å². The van der Waals surface area contributed by atoms with Crippen molar-refractivity contribution in [3.63, 3.8) is 0 Å². The van der Waals surface area contributed by atoms with E-state index in [0.717, 1.165) is 81.6 Å². The normalized spacial score (nSPS) is 17.9. The summed E-state index contributed by atoms with van der Waals surface area (Å²) in [5.74, 6) is 1.97. The molecule has 9 nitrogen and oxygen atoms in total. The Hall–Kier alpha value is -2.94. The van der Waals surface area contributed by atoms with E-state index in [0.29, 0.717) is 13.1 Å².